The summed E-state index contributed by atoms with van der Waals surface area (Å²) < 4.78 is 0. The van der Waals surface area contributed by atoms with E-state index in [0.717, 1.165) is 5.75 Å². The lowest BCUT2D eigenvalue weighted by Crippen LogP contribution is -2.48. The molecule has 0 saturated carbocycles. The third-order valence-electron chi connectivity index (χ3n) is 2.64. The van der Waals surface area contributed by atoms with Crippen LogP contribution in [0, 0.1) is 5.92 Å². The summed E-state index contributed by atoms with van der Waals surface area (Å²) in [6, 6.07) is -1.45. The number of carboxylic acids is 1. The van der Waals surface area contributed by atoms with E-state index in [2.05, 4.69) is 20.6 Å². The predicted octanol–water partition coefficient (Wildman–Crippen LogP) is 0.704. The average molecular weight is 300 g/mol. The lowest BCUT2D eigenvalue weighted by Gasteiger charge is -2.16. The van der Waals surface area contributed by atoms with Crippen LogP contribution in [0.4, 0.5) is 4.79 Å². The van der Waals surface area contributed by atoms with E-state index in [-0.39, 0.29) is 6.42 Å². The highest BCUT2D eigenvalue weighted by Crippen LogP contribution is 2.03. The van der Waals surface area contributed by atoms with E-state index >= 15 is 0 Å². The number of H-pyrrole nitrogens is 1. The molecule has 0 aromatic carbocycles. The van der Waals surface area contributed by atoms with Crippen LogP contribution >= 0.6 is 11.8 Å². The zero-order valence-corrected chi connectivity index (χ0v) is 12.4. The fourth-order valence-electron chi connectivity index (χ4n) is 1.64. The summed E-state index contributed by atoms with van der Waals surface area (Å²) in [5.74, 6) is 0.204. The molecule has 0 aliphatic heterocycles. The number of carboxylic acid groups (broad SMARTS) is 1. The summed E-state index contributed by atoms with van der Waals surface area (Å²) in [7, 11) is 0. The van der Waals surface area contributed by atoms with Crippen molar-refractivity contribution < 1.29 is 14.7 Å². The minimum absolute atomic E-state index is 0.170. The number of urea groups is 1. The maximum absolute atomic E-state index is 11.7. The molecule has 2 atom stereocenters. The molecule has 7 nitrogen and oxygen atoms in total. The van der Waals surface area contributed by atoms with Gasteiger partial charge in [0.25, 0.3) is 0 Å². The molecule has 1 unspecified atom stereocenters. The van der Waals surface area contributed by atoms with Gasteiger partial charge in [-0.15, -0.1) is 0 Å². The highest BCUT2D eigenvalue weighted by atomic mass is 32.2. The van der Waals surface area contributed by atoms with Crippen molar-refractivity contribution in [1.29, 1.82) is 0 Å². The molecule has 1 heterocycles. The number of nitrogens with one attached hydrogen (secondary N) is 3. The number of carbonyl (C=O) groups is 2. The molecule has 0 bridgehead atoms. The number of hydrogen-bond donors (Lipinski definition) is 4. The number of rotatable bonds is 8. The molecule has 0 saturated heterocycles. The second kappa shape index (κ2) is 8.47. The number of imidazole rings is 1. The van der Waals surface area contributed by atoms with Gasteiger partial charge in [-0.1, -0.05) is 6.92 Å². The van der Waals surface area contributed by atoms with Gasteiger partial charge >= 0.3 is 12.0 Å². The van der Waals surface area contributed by atoms with Crippen LogP contribution in [-0.4, -0.2) is 51.7 Å². The number of aromatic nitrogens is 2. The van der Waals surface area contributed by atoms with Crippen LogP contribution in [0.3, 0.4) is 0 Å². The topological polar surface area (TPSA) is 107 Å². The van der Waals surface area contributed by atoms with Gasteiger partial charge in [-0.05, 0) is 17.9 Å². The minimum Gasteiger partial charge on any atom is -0.480 e. The minimum atomic E-state index is -1.08. The normalized spacial score (nSPS) is 13.5. The van der Waals surface area contributed by atoms with Crippen LogP contribution in [0.5, 0.6) is 0 Å². The summed E-state index contributed by atoms with van der Waals surface area (Å²) >= 11 is 1.71. The molecular weight excluding hydrogens is 280 g/mol. The maximum atomic E-state index is 11.7. The molecule has 20 heavy (non-hydrogen) atoms. The zero-order valence-electron chi connectivity index (χ0n) is 11.5. The van der Waals surface area contributed by atoms with Crippen molar-refractivity contribution in [2.45, 2.75) is 19.4 Å². The van der Waals surface area contributed by atoms with Crippen molar-refractivity contribution in [3.8, 4) is 0 Å². The molecular formula is C12H20N4O3S. The first kappa shape index (κ1) is 16.4. The van der Waals surface area contributed by atoms with E-state index in [1.165, 1.54) is 12.5 Å². The summed E-state index contributed by atoms with van der Waals surface area (Å²) in [6.07, 6.45) is 5.18. The van der Waals surface area contributed by atoms with E-state index in [0.29, 0.717) is 18.2 Å². The van der Waals surface area contributed by atoms with Crippen molar-refractivity contribution >= 4 is 23.8 Å². The van der Waals surface area contributed by atoms with Crippen molar-refractivity contribution in [2.75, 3.05) is 18.6 Å². The third kappa shape index (κ3) is 5.96. The Morgan fingerprint density at radius 3 is 2.85 bits per heavy atom. The average Bonchev–Trinajstić information content (AvgIpc) is 2.89. The Morgan fingerprint density at radius 1 is 1.55 bits per heavy atom. The van der Waals surface area contributed by atoms with Crippen LogP contribution < -0.4 is 10.6 Å². The standard InChI is InChI=1S/C12H20N4O3S/c1-8(6-20-2)4-14-12(19)16-10(11(17)18)3-9-5-13-7-15-9/h5,7-8,10H,3-4,6H2,1-2H3,(H,13,15)(H,17,18)(H2,14,16,19)/t8?,10-/m0/s1. The van der Waals surface area contributed by atoms with Crippen molar-refractivity contribution in [2.24, 2.45) is 5.92 Å². The van der Waals surface area contributed by atoms with Crippen LogP contribution in [0.25, 0.3) is 0 Å². The Hall–Kier alpha value is -1.70. The first-order valence-electron chi connectivity index (χ1n) is 6.26. The number of amides is 2. The lowest BCUT2D eigenvalue weighted by molar-refractivity contribution is -0.139. The van der Waals surface area contributed by atoms with E-state index in [1.807, 2.05) is 13.2 Å². The largest absolute Gasteiger partial charge is 0.480 e. The SMILES string of the molecule is CSCC(C)CNC(=O)N[C@@H](Cc1cnc[nH]1)C(=O)O. The molecule has 2 amide bonds. The summed E-state index contributed by atoms with van der Waals surface area (Å²) in [5.41, 5.74) is 0.661. The van der Waals surface area contributed by atoms with Crippen LogP contribution in [-0.2, 0) is 11.2 Å². The van der Waals surface area contributed by atoms with Gasteiger partial charge < -0.3 is 20.7 Å². The Morgan fingerprint density at radius 2 is 2.30 bits per heavy atom. The fraction of sp³-hybridized carbons (Fsp3) is 0.583. The molecule has 0 fully saturated rings. The van der Waals surface area contributed by atoms with E-state index in [1.54, 1.807) is 11.8 Å². The molecule has 1 aromatic heterocycles. The highest BCUT2D eigenvalue weighted by Gasteiger charge is 2.21. The van der Waals surface area contributed by atoms with Gasteiger partial charge in [0.2, 0.25) is 0 Å². The first-order valence-corrected chi connectivity index (χ1v) is 7.65. The van der Waals surface area contributed by atoms with Gasteiger partial charge in [0.15, 0.2) is 0 Å². The van der Waals surface area contributed by atoms with Crippen molar-refractivity contribution in [1.82, 2.24) is 20.6 Å². The van der Waals surface area contributed by atoms with Gasteiger partial charge in [0.1, 0.15) is 6.04 Å². The van der Waals surface area contributed by atoms with Gasteiger partial charge in [-0.2, -0.15) is 11.8 Å². The third-order valence-corrected chi connectivity index (χ3v) is 3.55. The molecule has 112 valence electrons. The van der Waals surface area contributed by atoms with Gasteiger partial charge in [-0.25, -0.2) is 14.6 Å². The smallest absolute Gasteiger partial charge is 0.326 e. The first-order chi connectivity index (χ1) is 9.52. The maximum Gasteiger partial charge on any atom is 0.326 e. The quantitative estimate of drug-likeness (QED) is 0.565. The molecule has 0 radical (unpaired) electrons. The Labute approximate surface area is 121 Å². The number of aromatic amines is 1. The zero-order chi connectivity index (χ0) is 15.0. The second-order valence-electron chi connectivity index (χ2n) is 4.59. The van der Waals surface area contributed by atoms with Crippen LogP contribution in [0.2, 0.25) is 0 Å². The van der Waals surface area contributed by atoms with Gasteiger partial charge in [0.05, 0.1) is 6.33 Å². The van der Waals surface area contributed by atoms with Gasteiger partial charge in [0, 0.05) is 24.9 Å². The van der Waals surface area contributed by atoms with E-state index in [9.17, 15) is 9.59 Å². The molecule has 1 aromatic rings. The predicted molar refractivity (Wildman–Crippen MR) is 77.8 cm³/mol. The Balaban J connectivity index is 2.41. The molecule has 0 spiro atoms. The van der Waals surface area contributed by atoms with E-state index < -0.39 is 18.0 Å². The fourth-order valence-corrected chi connectivity index (χ4v) is 2.32. The summed E-state index contributed by atoms with van der Waals surface area (Å²) in [6.45, 7) is 2.54. The number of aliphatic carboxylic acids is 1. The number of hydrogen-bond acceptors (Lipinski definition) is 4. The molecule has 8 heteroatoms. The number of carbonyl (C=O) groups excluding carboxylic acids is 1. The highest BCUT2D eigenvalue weighted by molar-refractivity contribution is 7.98. The lowest BCUT2D eigenvalue weighted by atomic mass is 10.1. The molecule has 1 rings (SSSR count). The summed E-state index contributed by atoms with van der Waals surface area (Å²) in [5, 5.41) is 14.2. The second-order valence-corrected chi connectivity index (χ2v) is 5.50. The summed E-state index contributed by atoms with van der Waals surface area (Å²) in [4.78, 5) is 29.4. The monoisotopic (exact) mass is 300 g/mol. The number of thioether (sulfide) groups is 1. The Bertz CT molecular complexity index is 424. The molecule has 0 aliphatic carbocycles. The number of nitrogens with zero attached hydrogens (tertiary/aromatic N) is 1. The van der Waals surface area contributed by atoms with Crippen molar-refractivity contribution in [3.63, 3.8) is 0 Å². The van der Waals surface area contributed by atoms with Crippen LogP contribution in [0.15, 0.2) is 12.5 Å². The van der Waals surface area contributed by atoms with Crippen LogP contribution in [0.1, 0.15) is 12.6 Å². The van der Waals surface area contributed by atoms with Crippen molar-refractivity contribution in [3.05, 3.63) is 18.2 Å². The molecule has 4 N–H and O–H groups in total. The van der Waals surface area contributed by atoms with Gasteiger partial charge in [-0.3, -0.25) is 0 Å². The van der Waals surface area contributed by atoms with E-state index in [4.69, 9.17) is 5.11 Å². The molecule has 0 aliphatic rings. The Kier molecular flexibility index (Phi) is 6.92.